The Hall–Kier alpha value is -2.10. The fraction of sp³-hybridized carbons (Fsp3) is 0.421. The van der Waals surface area contributed by atoms with E-state index >= 15 is 0 Å². The molecule has 2 rings (SSSR count). The molecule has 4 heteroatoms. The highest BCUT2D eigenvalue weighted by Gasteiger charge is 2.25. The van der Waals surface area contributed by atoms with E-state index in [4.69, 9.17) is 5.73 Å². The van der Waals surface area contributed by atoms with Crippen molar-refractivity contribution in [1.82, 2.24) is 4.57 Å². The Labute approximate surface area is 137 Å². The molecular formula is C19H25FN2O. The number of nitrogens with zero attached hydrogens (tertiary/aromatic N) is 1. The van der Waals surface area contributed by atoms with Crippen molar-refractivity contribution in [3.8, 4) is 11.1 Å². The minimum absolute atomic E-state index is 0.231. The van der Waals surface area contributed by atoms with Crippen molar-refractivity contribution in [3.05, 3.63) is 47.0 Å². The van der Waals surface area contributed by atoms with Gasteiger partial charge in [0.2, 0.25) is 0 Å². The van der Waals surface area contributed by atoms with E-state index in [0.29, 0.717) is 5.56 Å². The number of hydrogen-bond donors (Lipinski definition) is 1. The Morgan fingerprint density at radius 3 is 2.35 bits per heavy atom. The lowest BCUT2D eigenvalue weighted by molar-refractivity contribution is 0.1000. The summed E-state index contributed by atoms with van der Waals surface area (Å²) in [6.07, 6.45) is 2.97. The number of amides is 1. The first-order valence-corrected chi connectivity index (χ1v) is 8.17. The number of aromatic nitrogens is 1. The SMILES string of the molecule is CCCCc1c(-c2ccc(F)cc2)c(C(N)=O)c(C)n1C(C)C. The maximum absolute atomic E-state index is 13.3. The van der Waals surface area contributed by atoms with E-state index < -0.39 is 5.91 Å². The van der Waals surface area contributed by atoms with Gasteiger partial charge in [-0.05, 0) is 51.3 Å². The number of unbranched alkanes of at least 4 members (excludes halogenated alkanes) is 1. The predicted octanol–water partition coefficient (Wildman–Crippen LogP) is 4.63. The molecule has 3 nitrogen and oxygen atoms in total. The molecular weight excluding hydrogens is 291 g/mol. The van der Waals surface area contributed by atoms with Crippen LogP contribution in [-0.2, 0) is 6.42 Å². The van der Waals surface area contributed by atoms with Crippen molar-refractivity contribution < 1.29 is 9.18 Å². The van der Waals surface area contributed by atoms with E-state index in [9.17, 15) is 9.18 Å². The zero-order chi connectivity index (χ0) is 17.1. The molecule has 0 aliphatic carbocycles. The van der Waals surface area contributed by atoms with Crippen LogP contribution in [0.2, 0.25) is 0 Å². The van der Waals surface area contributed by atoms with Gasteiger partial charge in [-0.2, -0.15) is 0 Å². The van der Waals surface area contributed by atoms with E-state index in [-0.39, 0.29) is 11.9 Å². The third kappa shape index (κ3) is 3.31. The van der Waals surface area contributed by atoms with Crippen molar-refractivity contribution in [2.24, 2.45) is 5.73 Å². The summed E-state index contributed by atoms with van der Waals surface area (Å²) in [5.41, 5.74) is 9.92. The summed E-state index contributed by atoms with van der Waals surface area (Å²) in [6, 6.07) is 6.51. The Balaban J connectivity index is 2.76. The van der Waals surface area contributed by atoms with Crippen LogP contribution in [-0.4, -0.2) is 10.5 Å². The van der Waals surface area contributed by atoms with Gasteiger partial charge in [-0.25, -0.2) is 4.39 Å². The maximum atomic E-state index is 13.3. The van der Waals surface area contributed by atoms with Gasteiger partial charge < -0.3 is 10.3 Å². The van der Waals surface area contributed by atoms with Gasteiger partial charge in [-0.15, -0.1) is 0 Å². The molecule has 0 radical (unpaired) electrons. The quantitative estimate of drug-likeness (QED) is 0.830. The molecule has 0 aliphatic rings. The van der Waals surface area contributed by atoms with Gasteiger partial charge in [0.05, 0.1) is 5.56 Å². The van der Waals surface area contributed by atoms with Gasteiger partial charge in [0.15, 0.2) is 0 Å². The Bertz CT molecular complexity index is 699. The van der Waals surface area contributed by atoms with Crippen molar-refractivity contribution in [2.45, 2.75) is 53.0 Å². The molecule has 0 fully saturated rings. The summed E-state index contributed by atoms with van der Waals surface area (Å²) in [4.78, 5) is 12.1. The fourth-order valence-corrected chi connectivity index (χ4v) is 3.29. The van der Waals surface area contributed by atoms with Crippen LogP contribution in [0, 0.1) is 12.7 Å². The molecule has 1 aromatic heterocycles. The van der Waals surface area contributed by atoms with Crippen LogP contribution in [0.15, 0.2) is 24.3 Å². The molecule has 1 aromatic carbocycles. The molecule has 2 N–H and O–H groups in total. The van der Waals surface area contributed by atoms with Gasteiger partial charge in [-0.3, -0.25) is 4.79 Å². The lowest BCUT2D eigenvalue weighted by atomic mass is 9.97. The summed E-state index contributed by atoms with van der Waals surface area (Å²) >= 11 is 0. The number of hydrogen-bond acceptors (Lipinski definition) is 1. The zero-order valence-corrected chi connectivity index (χ0v) is 14.3. The van der Waals surface area contributed by atoms with E-state index in [1.165, 1.54) is 12.1 Å². The van der Waals surface area contributed by atoms with Crippen molar-refractivity contribution in [1.29, 1.82) is 0 Å². The minimum Gasteiger partial charge on any atom is -0.366 e. The lowest BCUT2D eigenvalue weighted by Crippen LogP contribution is -2.14. The normalized spacial score (nSPS) is 11.2. The maximum Gasteiger partial charge on any atom is 0.251 e. The minimum atomic E-state index is -0.432. The molecule has 0 saturated heterocycles. The van der Waals surface area contributed by atoms with E-state index in [1.54, 1.807) is 12.1 Å². The smallest absolute Gasteiger partial charge is 0.251 e. The third-order valence-corrected chi connectivity index (χ3v) is 4.22. The van der Waals surface area contributed by atoms with E-state index in [1.807, 2.05) is 6.92 Å². The number of primary amides is 1. The molecule has 0 atom stereocenters. The standard InChI is InChI=1S/C19H25FN2O/c1-5-6-7-16-18(14-8-10-15(20)11-9-14)17(19(21)23)13(4)22(16)12(2)3/h8-12H,5-7H2,1-4H3,(H2,21,23). The number of carbonyl (C=O) groups is 1. The fourth-order valence-electron chi connectivity index (χ4n) is 3.29. The number of nitrogens with two attached hydrogens (primary N) is 1. The Morgan fingerprint density at radius 1 is 1.26 bits per heavy atom. The molecule has 2 aromatic rings. The van der Waals surface area contributed by atoms with E-state index in [0.717, 1.165) is 41.8 Å². The summed E-state index contributed by atoms with van der Waals surface area (Å²) in [7, 11) is 0. The van der Waals surface area contributed by atoms with Crippen LogP contribution < -0.4 is 5.73 Å². The highest BCUT2D eigenvalue weighted by atomic mass is 19.1. The molecule has 23 heavy (non-hydrogen) atoms. The molecule has 0 saturated carbocycles. The molecule has 124 valence electrons. The van der Waals surface area contributed by atoms with Crippen LogP contribution in [0.5, 0.6) is 0 Å². The summed E-state index contributed by atoms with van der Waals surface area (Å²) in [5.74, 6) is -0.719. The topological polar surface area (TPSA) is 48.0 Å². The zero-order valence-electron chi connectivity index (χ0n) is 14.3. The van der Waals surface area contributed by atoms with Crippen LogP contribution in [0.25, 0.3) is 11.1 Å². The highest BCUT2D eigenvalue weighted by molar-refractivity contribution is 6.02. The van der Waals surface area contributed by atoms with Gasteiger partial charge in [0.1, 0.15) is 5.82 Å². The average molecular weight is 316 g/mol. The second-order valence-corrected chi connectivity index (χ2v) is 6.22. The van der Waals surface area contributed by atoms with E-state index in [2.05, 4.69) is 25.3 Å². The molecule has 0 aliphatic heterocycles. The van der Waals surface area contributed by atoms with Crippen molar-refractivity contribution in [3.63, 3.8) is 0 Å². The Kier molecular flexibility index (Phi) is 5.24. The van der Waals surface area contributed by atoms with Gasteiger partial charge >= 0.3 is 0 Å². The number of rotatable bonds is 6. The summed E-state index contributed by atoms with van der Waals surface area (Å²) in [6.45, 7) is 8.27. The second-order valence-electron chi connectivity index (χ2n) is 6.22. The largest absolute Gasteiger partial charge is 0.366 e. The summed E-state index contributed by atoms with van der Waals surface area (Å²) in [5, 5.41) is 0. The average Bonchev–Trinajstić information content (AvgIpc) is 2.78. The molecule has 0 bridgehead atoms. The van der Waals surface area contributed by atoms with Gasteiger partial charge in [0, 0.05) is 23.0 Å². The first-order chi connectivity index (χ1) is 10.9. The predicted molar refractivity (Wildman–Crippen MR) is 92.1 cm³/mol. The number of carbonyl (C=O) groups excluding carboxylic acids is 1. The second kappa shape index (κ2) is 6.99. The first kappa shape index (κ1) is 17.3. The first-order valence-electron chi connectivity index (χ1n) is 8.17. The number of benzene rings is 1. The monoisotopic (exact) mass is 316 g/mol. The Morgan fingerprint density at radius 2 is 1.87 bits per heavy atom. The lowest BCUT2D eigenvalue weighted by Gasteiger charge is -2.16. The van der Waals surface area contributed by atoms with Crippen molar-refractivity contribution in [2.75, 3.05) is 0 Å². The van der Waals surface area contributed by atoms with Crippen molar-refractivity contribution >= 4 is 5.91 Å². The molecule has 0 spiro atoms. The number of halogens is 1. The van der Waals surface area contributed by atoms with Gasteiger partial charge in [0.25, 0.3) is 5.91 Å². The van der Waals surface area contributed by atoms with Crippen LogP contribution >= 0.6 is 0 Å². The summed E-state index contributed by atoms with van der Waals surface area (Å²) < 4.78 is 15.5. The van der Waals surface area contributed by atoms with Gasteiger partial charge in [-0.1, -0.05) is 25.5 Å². The van der Waals surface area contributed by atoms with Crippen LogP contribution in [0.3, 0.4) is 0 Å². The molecule has 1 amide bonds. The van der Waals surface area contributed by atoms with Crippen LogP contribution in [0.4, 0.5) is 4.39 Å². The molecule has 0 unspecified atom stereocenters. The van der Waals surface area contributed by atoms with Crippen LogP contribution in [0.1, 0.15) is 61.4 Å². The third-order valence-electron chi connectivity index (χ3n) is 4.22. The molecule has 1 heterocycles. The highest BCUT2D eigenvalue weighted by Crippen LogP contribution is 2.35.